The van der Waals surface area contributed by atoms with Crippen molar-refractivity contribution in [2.24, 2.45) is 5.92 Å². The van der Waals surface area contributed by atoms with Gasteiger partial charge in [-0.2, -0.15) is 0 Å². The van der Waals surface area contributed by atoms with E-state index in [9.17, 15) is 4.79 Å². The Kier molecular flexibility index (Phi) is 2.69. The zero-order valence-corrected chi connectivity index (χ0v) is 9.87. The van der Waals surface area contributed by atoms with Gasteiger partial charge in [-0.05, 0) is 36.1 Å². The standard InChI is InChI=1S/C11H11BrO3/c1-15-10-3-2-9(12)7-4-6(11(13)14)5-8(7)10/h2-3,6H,4-5H2,1H3,(H,13,14). The Labute approximate surface area is 96.2 Å². The van der Waals surface area contributed by atoms with E-state index in [1.54, 1.807) is 7.11 Å². The molecule has 1 aliphatic carbocycles. The minimum absolute atomic E-state index is 0.312. The first kappa shape index (κ1) is 10.5. The Morgan fingerprint density at radius 1 is 1.47 bits per heavy atom. The Morgan fingerprint density at radius 3 is 2.73 bits per heavy atom. The summed E-state index contributed by atoms with van der Waals surface area (Å²) in [5, 5.41) is 8.98. The molecule has 0 aromatic heterocycles. The van der Waals surface area contributed by atoms with Crippen LogP contribution in [0.2, 0.25) is 0 Å². The predicted molar refractivity (Wildman–Crippen MR) is 59.2 cm³/mol. The molecule has 0 amide bonds. The van der Waals surface area contributed by atoms with Crippen molar-refractivity contribution in [3.8, 4) is 5.75 Å². The Bertz CT molecular complexity index is 415. The number of ether oxygens (including phenoxy) is 1. The third-order valence-electron chi connectivity index (χ3n) is 2.80. The van der Waals surface area contributed by atoms with Gasteiger partial charge < -0.3 is 9.84 Å². The Balaban J connectivity index is 2.43. The zero-order chi connectivity index (χ0) is 11.0. The molecular formula is C11H11BrO3. The van der Waals surface area contributed by atoms with Crippen molar-refractivity contribution in [3.05, 3.63) is 27.7 Å². The fraction of sp³-hybridized carbons (Fsp3) is 0.364. The summed E-state index contributed by atoms with van der Waals surface area (Å²) >= 11 is 3.44. The number of hydrogen-bond acceptors (Lipinski definition) is 2. The lowest BCUT2D eigenvalue weighted by molar-refractivity contribution is -0.141. The number of benzene rings is 1. The van der Waals surface area contributed by atoms with Gasteiger partial charge in [0.15, 0.2) is 0 Å². The summed E-state index contributed by atoms with van der Waals surface area (Å²) in [7, 11) is 1.61. The van der Waals surface area contributed by atoms with Gasteiger partial charge in [-0.25, -0.2) is 0 Å². The smallest absolute Gasteiger partial charge is 0.307 e. The molecule has 1 aliphatic rings. The molecule has 0 fully saturated rings. The third kappa shape index (κ3) is 1.74. The fourth-order valence-electron chi connectivity index (χ4n) is 2.02. The van der Waals surface area contributed by atoms with Crippen molar-refractivity contribution in [2.75, 3.05) is 7.11 Å². The highest BCUT2D eigenvalue weighted by Crippen LogP contribution is 2.38. The Hall–Kier alpha value is -1.03. The molecular weight excluding hydrogens is 260 g/mol. The molecule has 0 saturated heterocycles. The van der Waals surface area contributed by atoms with Gasteiger partial charge in [0.1, 0.15) is 5.75 Å². The molecule has 1 N–H and O–H groups in total. The van der Waals surface area contributed by atoms with Crippen LogP contribution in [0.4, 0.5) is 0 Å². The molecule has 15 heavy (non-hydrogen) atoms. The van der Waals surface area contributed by atoms with Crippen LogP contribution in [0.1, 0.15) is 11.1 Å². The van der Waals surface area contributed by atoms with E-state index in [-0.39, 0.29) is 5.92 Å². The van der Waals surface area contributed by atoms with Crippen LogP contribution in [0.25, 0.3) is 0 Å². The molecule has 0 bridgehead atoms. The first-order valence-corrected chi connectivity index (χ1v) is 5.50. The van der Waals surface area contributed by atoms with Crippen molar-refractivity contribution >= 4 is 21.9 Å². The van der Waals surface area contributed by atoms with Gasteiger partial charge in [0.25, 0.3) is 0 Å². The van der Waals surface area contributed by atoms with Gasteiger partial charge in [0.2, 0.25) is 0 Å². The van der Waals surface area contributed by atoms with E-state index in [1.807, 2.05) is 12.1 Å². The number of carboxylic acid groups (broad SMARTS) is 1. The van der Waals surface area contributed by atoms with Crippen LogP contribution in [0, 0.1) is 5.92 Å². The van der Waals surface area contributed by atoms with Crippen molar-refractivity contribution < 1.29 is 14.6 Å². The highest BCUT2D eigenvalue weighted by atomic mass is 79.9. The quantitative estimate of drug-likeness (QED) is 0.897. The molecule has 2 rings (SSSR count). The van der Waals surface area contributed by atoms with Gasteiger partial charge in [-0.15, -0.1) is 0 Å². The number of rotatable bonds is 2. The second kappa shape index (κ2) is 3.85. The van der Waals surface area contributed by atoms with Crippen LogP contribution in [0.15, 0.2) is 16.6 Å². The SMILES string of the molecule is COc1ccc(Br)c2c1CC(C(=O)O)C2. The number of methoxy groups -OCH3 is 1. The molecule has 80 valence electrons. The minimum atomic E-state index is -0.736. The van der Waals surface area contributed by atoms with Crippen LogP contribution in [-0.2, 0) is 17.6 Å². The molecule has 4 heteroatoms. The normalized spacial score (nSPS) is 18.7. The molecule has 1 aromatic rings. The van der Waals surface area contributed by atoms with Gasteiger partial charge >= 0.3 is 5.97 Å². The summed E-state index contributed by atoms with van der Waals surface area (Å²) in [5.41, 5.74) is 2.10. The van der Waals surface area contributed by atoms with E-state index in [0.29, 0.717) is 12.8 Å². The average molecular weight is 271 g/mol. The van der Waals surface area contributed by atoms with E-state index in [1.165, 1.54) is 0 Å². The zero-order valence-electron chi connectivity index (χ0n) is 8.29. The molecule has 1 unspecified atom stereocenters. The lowest BCUT2D eigenvalue weighted by Crippen LogP contribution is -2.13. The number of carboxylic acids is 1. The van der Waals surface area contributed by atoms with Crippen molar-refractivity contribution in [2.45, 2.75) is 12.8 Å². The largest absolute Gasteiger partial charge is 0.496 e. The minimum Gasteiger partial charge on any atom is -0.496 e. The van der Waals surface area contributed by atoms with Gasteiger partial charge in [0, 0.05) is 4.47 Å². The average Bonchev–Trinajstić information content (AvgIpc) is 2.64. The van der Waals surface area contributed by atoms with E-state index in [4.69, 9.17) is 9.84 Å². The highest BCUT2D eigenvalue weighted by molar-refractivity contribution is 9.10. The lowest BCUT2D eigenvalue weighted by Gasteiger charge is -2.07. The lowest BCUT2D eigenvalue weighted by atomic mass is 10.1. The third-order valence-corrected chi connectivity index (χ3v) is 3.54. The molecule has 3 nitrogen and oxygen atoms in total. The molecule has 0 heterocycles. The van der Waals surface area contributed by atoms with Crippen LogP contribution in [0.3, 0.4) is 0 Å². The predicted octanol–water partition coefficient (Wildman–Crippen LogP) is 2.26. The molecule has 0 saturated carbocycles. The second-order valence-electron chi connectivity index (χ2n) is 3.65. The van der Waals surface area contributed by atoms with E-state index < -0.39 is 5.97 Å². The summed E-state index contributed by atoms with van der Waals surface area (Å²) in [4.78, 5) is 10.9. The van der Waals surface area contributed by atoms with Crippen LogP contribution in [0.5, 0.6) is 5.75 Å². The molecule has 0 radical (unpaired) electrons. The number of carbonyl (C=O) groups is 1. The maximum absolute atomic E-state index is 10.9. The molecule has 1 atom stereocenters. The van der Waals surface area contributed by atoms with E-state index in [0.717, 1.165) is 21.3 Å². The van der Waals surface area contributed by atoms with Gasteiger partial charge in [0.05, 0.1) is 13.0 Å². The first-order valence-electron chi connectivity index (χ1n) is 4.70. The summed E-state index contributed by atoms with van der Waals surface area (Å²) in [5.74, 6) is -0.260. The summed E-state index contributed by atoms with van der Waals surface area (Å²) in [6, 6.07) is 3.77. The maximum atomic E-state index is 10.9. The molecule has 0 aliphatic heterocycles. The monoisotopic (exact) mass is 270 g/mol. The molecule has 1 aromatic carbocycles. The number of fused-ring (bicyclic) bond motifs is 1. The summed E-state index contributed by atoms with van der Waals surface area (Å²) < 4.78 is 6.20. The van der Waals surface area contributed by atoms with Crippen molar-refractivity contribution in [1.29, 1.82) is 0 Å². The van der Waals surface area contributed by atoms with Crippen LogP contribution >= 0.6 is 15.9 Å². The number of aliphatic carboxylic acids is 1. The topological polar surface area (TPSA) is 46.5 Å². The van der Waals surface area contributed by atoms with Crippen LogP contribution < -0.4 is 4.74 Å². The number of halogens is 1. The van der Waals surface area contributed by atoms with Crippen molar-refractivity contribution in [1.82, 2.24) is 0 Å². The molecule has 0 spiro atoms. The fourth-order valence-corrected chi connectivity index (χ4v) is 2.55. The van der Waals surface area contributed by atoms with E-state index in [2.05, 4.69) is 15.9 Å². The van der Waals surface area contributed by atoms with Gasteiger partial charge in [-0.1, -0.05) is 15.9 Å². The van der Waals surface area contributed by atoms with Crippen molar-refractivity contribution in [3.63, 3.8) is 0 Å². The number of hydrogen-bond donors (Lipinski definition) is 1. The summed E-state index contributed by atoms with van der Waals surface area (Å²) in [6.45, 7) is 0. The van der Waals surface area contributed by atoms with Crippen LogP contribution in [-0.4, -0.2) is 18.2 Å². The Morgan fingerprint density at radius 2 is 2.13 bits per heavy atom. The van der Waals surface area contributed by atoms with E-state index >= 15 is 0 Å². The summed E-state index contributed by atoms with van der Waals surface area (Å²) in [6.07, 6.45) is 1.15. The highest BCUT2D eigenvalue weighted by Gasteiger charge is 2.30. The first-order chi connectivity index (χ1) is 7.13. The second-order valence-corrected chi connectivity index (χ2v) is 4.50. The maximum Gasteiger partial charge on any atom is 0.307 e. The van der Waals surface area contributed by atoms with Gasteiger partial charge in [-0.3, -0.25) is 4.79 Å².